The lowest BCUT2D eigenvalue weighted by atomic mass is 10.1. The second-order valence-corrected chi connectivity index (χ2v) is 4.00. The highest BCUT2D eigenvalue weighted by Crippen LogP contribution is 2.07. The van der Waals surface area contributed by atoms with Gasteiger partial charge in [0.1, 0.15) is 12.3 Å². The van der Waals surface area contributed by atoms with Crippen LogP contribution in [-0.2, 0) is 23.7 Å². The summed E-state index contributed by atoms with van der Waals surface area (Å²) in [6, 6.07) is -0.821. The Bertz CT molecular complexity index is 348. The van der Waals surface area contributed by atoms with Crippen LogP contribution in [0, 0.1) is 0 Å². The molecule has 0 rings (SSSR count). The summed E-state index contributed by atoms with van der Waals surface area (Å²) < 4.78 is 18.5. The fourth-order valence-electron chi connectivity index (χ4n) is 1.54. The molecule has 9 nitrogen and oxygen atoms in total. The number of ether oxygens (including phenoxy) is 4. The van der Waals surface area contributed by atoms with E-state index < -0.39 is 30.4 Å². The van der Waals surface area contributed by atoms with Gasteiger partial charge in [0, 0.05) is 7.11 Å². The Morgan fingerprint density at radius 3 is 1.90 bits per heavy atom. The molecule has 0 aliphatic rings. The number of alkyl carbamates (subject to hydrolysis) is 2. The van der Waals surface area contributed by atoms with E-state index in [-0.39, 0.29) is 0 Å². The summed E-state index contributed by atoms with van der Waals surface area (Å²) in [5.74, 6) is -0.574. The summed E-state index contributed by atoms with van der Waals surface area (Å²) in [7, 11) is 5.11. The van der Waals surface area contributed by atoms with Crippen molar-refractivity contribution in [1.29, 1.82) is 0 Å². The van der Waals surface area contributed by atoms with Crippen LogP contribution in [0.2, 0.25) is 0 Å². The quantitative estimate of drug-likeness (QED) is 0.379. The number of esters is 1. The van der Waals surface area contributed by atoms with Crippen LogP contribution in [0.4, 0.5) is 9.59 Å². The topological polar surface area (TPSA) is 112 Å². The van der Waals surface area contributed by atoms with Gasteiger partial charge in [-0.05, 0) is 19.3 Å². The van der Waals surface area contributed by atoms with Gasteiger partial charge < -0.3 is 24.3 Å². The lowest BCUT2D eigenvalue weighted by Crippen LogP contribution is -2.42. The number of hydrogen-bond donors (Lipinski definition) is 2. The largest absolute Gasteiger partial charge is 0.467 e. The third kappa shape index (κ3) is 7.98. The Labute approximate surface area is 123 Å². The molecule has 0 radical (unpaired) electrons. The number of methoxy groups -OCH3 is 4. The zero-order chi connectivity index (χ0) is 16.3. The van der Waals surface area contributed by atoms with E-state index in [1.807, 2.05) is 0 Å². The van der Waals surface area contributed by atoms with Gasteiger partial charge in [0.25, 0.3) is 0 Å². The third-order valence-electron chi connectivity index (χ3n) is 2.67. The van der Waals surface area contributed by atoms with Gasteiger partial charge in [-0.25, -0.2) is 14.4 Å². The van der Waals surface area contributed by atoms with Gasteiger partial charge in [-0.15, -0.1) is 0 Å². The van der Waals surface area contributed by atoms with Gasteiger partial charge in [-0.3, -0.25) is 5.32 Å². The van der Waals surface area contributed by atoms with Crippen molar-refractivity contribution in [1.82, 2.24) is 10.6 Å². The molecular weight excluding hydrogens is 284 g/mol. The third-order valence-corrected chi connectivity index (χ3v) is 2.67. The molecule has 2 N–H and O–H groups in total. The summed E-state index contributed by atoms with van der Waals surface area (Å²) in [6.07, 6.45) is -0.645. The molecule has 9 heteroatoms. The Balaban J connectivity index is 4.30. The van der Waals surface area contributed by atoms with Crippen LogP contribution in [0.3, 0.4) is 0 Å². The molecule has 0 heterocycles. The number of amides is 2. The highest BCUT2D eigenvalue weighted by atomic mass is 16.6. The van der Waals surface area contributed by atoms with Crippen LogP contribution in [-0.4, -0.2) is 58.9 Å². The van der Waals surface area contributed by atoms with Gasteiger partial charge in [-0.2, -0.15) is 0 Å². The molecule has 0 aromatic carbocycles. The van der Waals surface area contributed by atoms with E-state index in [2.05, 4.69) is 24.8 Å². The molecule has 0 saturated carbocycles. The van der Waals surface area contributed by atoms with Crippen molar-refractivity contribution in [2.24, 2.45) is 0 Å². The Morgan fingerprint density at radius 2 is 1.43 bits per heavy atom. The summed E-state index contributed by atoms with van der Waals surface area (Å²) in [6.45, 7) is 0. The van der Waals surface area contributed by atoms with Gasteiger partial charge in [0.05, 0.1) is 21.3 Å². The first-order chi connectivity index (χ1) is 9.98. The van der Waals surface area contributed by atoms with Gasteiger partial charge in [-0.1, -0.05) is 0 Å². The van der Waals surface area contributed by atoms with Crippen molar-refractivity contribution in [2.75, 3.05) is 28.4 Å². The molecule has 0 aliphatic heterocycles. The van der Waals surface area contributed by atoms with Gasteiger partial charge >= 0.3 is 18.2 Å². The van der Waals surface area contributed by atoms with E-state index in [0.717, 1.165) is 0 Å². The molecule has 0 saturated heterocycles. The lowest BCUT2D eigenvalue weighted by molar-refractivity contribution is -0.143. The Kier molecular flexibility index (Phi) is 9.69. The first kappa shape index (κ1) is 19.0. The smallest absolute Gasteiger partial charge is 0.408 e. The maximum absolute atomic E-state index is 11.5. The zero-order valence-corrected chi connectivity index (χ0v) is 12.6. The number of carbonyl (C=O) groups excluding carboxylic acids is 3. The van der Waals surface area contributed by atoms with Crippen LogP contribution in [0.1, 0.15) is 19.3 Å². The summed E-state index contributed by atoms with van der Waals surface area (Å²) >= 11 is 0. The molecule has 21 heavy (non-hydrogen) atoms. The molecule has 0 bridgehead atoms. The fraction of sp³-hybridized carbons (Fsp3) is 0.750. The van der Waals surface area contributed by atoms with E-state index in [4.69, 9.17) is 4.74 Å². The highest BCUT2D eigenvalue weighted by Gasteiger charge is 2.22. The average molecular weight is 306 g/mol. The number of rotatable bonds is 8. The minimum atomic E-state index is -0.821. The normalized spacial score (nSPS) is 12.8. The first-order valence-corrected chi connectivity index (χ1v) is 6.28. The maximum atomic E-state index is 11.5. The standard InChI is InChI=1S/C12H22N2O7/c1-18-9(14-12(17)21-4)7-5-6-8(10(15)19-2)13-11(16)20-3/h8-9H,5-7H2,1-4H3,(H,13,16)(H,14,17). The van der Waals surface area contributed by atoms with E-state index in [9.17, 15) is 14.4 Å². The van der Waals surface area contributed by atoms with Crippen molar-refractivity contribution in [3.63, 3.8) is 0 Å². The van der Waals surface area contributed by atoms with Crippen molar-refractivity contribution in [3.05, 3.63) is 0 Å². The van der Waals surface area contributed by atoms with Crippen molar-refractivity contribution in [3.8, 4) is 0 Å². The number of carbonyl (C=O) groups is 3. The minimum absolute atomic E-state index is 0.310. The molecule has 0 fully saturated rings. The van der Waals surface area contributed by atoms with Gasteiger partial charge in [0.15, 0.2) is 0 Å². The number of hydrogen-bond acceptors (Lipinski definition) is 7. The van der Waals surface area contributed by atoms with Crippen molar-refractivity contribution in [2.45, 2.75) is 31.5 Å². The molecule has 0 aliphatic carbocycles. The Hall–Kier alpha value is -2.03. The van der Waals surface area contributed by atoms with Gasteiger partial charge in [0.2, 0.25) is 0 Å². The van der Waals surface area contributed by atoms with Crippen LogP contribution in [0.25, 0.3) is 0 Å². The minimum Gasteiger partial charge on any atom is -0.467 e. The molecule has 0 aromatic rings. The monoisotopic (exact) mass is 306 g/mol. The summed E-state index contributed by atoms with van der Waals surface area (Å²) in [5.41, 5.74) is 0. The van der Waals surface area contributed by atoms with E-state index in [1.165, 1.54) is 28.4 Å². The molecule has 2 amide bonds. The predicted molar refractivity (Wildman–Crippen MR) is 71.5 cm³/mol. The highest BCUT2D eigenvalue weighted by molar-refractivity contribution is 5.81. The lowest BCUT2D eigenvalue weighted by Gasteiger charge is -2.18. The van der Waals surface area contributed by atoms with E-state index in [1.54, 1.807) is 0 Å². The van der Waals surface area contributed by atoms with Crippen molar-refractivity contribution < 1.29 is 33.3 Å². The summed E-state index contributed by atoms with van der Waals surface area (Å²) in [5, 5.41) is 4.85. The molecular formula is C12H22N2O7. The van der Waals surface area contributed by atoms with Crippen LogP contribution >= 0.6 is 0 Å². The SMILES string of the molecule is COC(=O)NC(CCCC(NC(=O)OC)C(=O)OC)OC. The molecule has 122 valence electrons. The van der Waals surface area contributed by atoms with E-state index in [0.29, 0.717) is 19.3 Å². The Morgan fingerprint density at radius 1 is 0.857 bits per heavy atom. The fourth-order valence-corrected chi connectivity index (χ4v) is 1.54. The average Bonchev–Trinajstić information content (AvgIpc) is 2.51. The van der Waals surface area contributed by atoms with Crippen LogP contribution in [0.5, 0.6) is 0 Å². The molecule has 0 aromatic heterocycles. The molecule has 2 unspecified atom stereocenters. The molecule has 2 atom stereocenters. The zero-order valence-electron chi connectivity index (χ0n) is 12.6. The maximum Gasteiger partial charge on any atom is 0.408 e. The second-order valence-electron chi connectivity index (χ2n) is 4.00. The van der Waals surface area contributed by atoms with E-state index >= 15 is 0 Å². The molecule has 0 spiro atoms. The van der Waals surface area contributed by atoms with Crippen LogP contribution in [0.15, 0.2) is 0 Å². The number of nitrogens with one attached hydrogen (secondary N) is 2. The first-order valence-electron chi connectivity index (χ1n) is 6.28. The predicted octanol–water partition coefficient (Wildman–Crippen LogP) is 0.383. The van der Waals surface area contributed by atoms with Crippen LogP contribution < -0.4 is 10.6 Å². The second kappa shape index (κ2) is 10.7. The van der Waals surface area contributed by atoms with Crippen molar-refractivity contribution >= 4 is 18.2 Å². The summed E-state index contributed by atoms with van der Waals surface area (Å²) in [4.78, 5) is 33.7.